The summed E-state index contributed by atoms with van der Waals surface area (Å²) in [4.78, 5) is 45.4. The molecule has 0 radical (unpaired) electrons. The van der Waals surface area contributed by atoms with Crippen LogP contribution in [0.4, 0.5) is 0 Å². The molecule has 2 amide bonds. The lowest BCUT2D eigenvalue weighted by atomic mass is 9.74. The van der Waals surface area contributed by atoms with Crippen molar-refractivity contribution in [1.29, 1.82) is 0 Å². The largest absolute Gasteiger partial charge is 0.465 e. The van der Waals surface area contributed by atoms with E-state index in [1.165, 1.54) is 167 Å². The molecule has 1 aliphatic heterocycles. The minimum atomic E-state index is -0.753. The number of likely N-dealkylation sites (tertiary alicyclic amines) is 1. The first-order chi connectivity index (χ1) is 31.9. The summed E-state index contributed by atoms with van der Waals surface area (Å²) in [5.41, 5.74) is -0.753. The SMILES string of the molecule is CCCCCCCC/C=C\CCCCCCCCNC(=O)C1(N(CCCN2CCC(O)CC2)C(=O)CCCCC(=O)OCC(CCCCCCCC)CCCCCCCCCC)CCC1. The van der Waals surface area contributed by atoms with Gasteiger partial charge in [0.2, 0.25) is 11.8 Å². The number of carbonyl (C=O) groups is 3. The van der Waals surface area contributed by atoms with Gasteiger partial charge in [0, 0.05) is 39.0 Å². The van der Waals surface area contributed by atoms with Crippen LogP contribution in [0, 0.1) is 5.92 Å². The molecule has 65 heavy (non-hydrogen) atoms. The van der Waals surface area contributed by atoms with Gasteiger partial charge >= 0.3 is 5.97 Å². The molecule has 380 valence electrons. The number of esters is 1. The summed E-state index contributed by atoms with van der Waals surface area (Å²) in [6.45, 7) is 11.2. The third-order valence-electron chi connectivity index (χ3n) is 14.7. The lowest BCUT2D eigenvalue weighted by Gasteiger charge is -2.49. The Morgan fingerprint density at radius 2 is 1.11 bits per heavy atom. The molecule has 1 heterocycles. The highest BCUT2D eigenvalue weighted by atomic mass is 16.5. The average molecular weight is 914 g/mol. The fourth-order valence-electron chi connectivity index (χ4n) is 10.1. The Bertz CT molecular complexity index is 1170. The average Bonchev–Trinajstić information content (AvgIpc) is 3.29. The van der Waals surface area contributed by atoms with Crippen molar-refractivity contribution in [2.45, 2.75) is 289 Å². The number of aliphatic hydroxyl groups is 1. The first-order valence-electron chi connectivity index (χ1n) is 28.7. The second-order valence-corrected chi connectivity index (χ2v) is 20.6. The molecule has 2 fully saturated rings. The Morgan fingerprint density at radius 1 is 0.631 bits per heavy atom. The van der Waals surface area contributed by atoms with E-state index in [0.717, 1.165) is 83.8 Å². The van der Waals surface area contributed by atoms with Gasteiger partial charge in [-0.15, -0.1) is 0 Å². The van der Waals surface area contributed by atoms with Crippen molar-refractivity contribution in [3.05, 3.63) is 12.2 Å². The van der Waals surface area contributed by atoms with Crippen molar-refractivity contribution in [2.75, 3.05) is 39.3 Å². The van der Waals surface area contributed by atoms with Crippen molar-refractivity contribution in [3.8, 4) is 0 Å². The minimum absolute atomic E-state index is 0.0250. The number of hydrogen-bond donors (Lipinski definition) is 2. The molecule has 0 spiro atoms. The molecule has 2 aliphatic rings. The van der Waals surface area contributed by atoms with E-state index in [1.54, 1.807) is 0 Å². The van der Waals surface area contributed by atoms with E-state index < -0.39 is 5.54 Å². The minimum Gasteiger partial charge on any atom is -0.465 e. The smallest absolute Gasteiger partial charge is 0.305 e. The summed E-state index contributed by atoms with van der Waals surface area (Å²) in [6.07, 6.45) is 49.5. The Kier molecular flexibility index (Phi) is 37.4. The van der Waals surface area contributed by atoms with Crippen molar-refractivity contribution in [3.63, 3.8) is 0 Å². The van der Waals surface area contributed by atoms with Crippen LogP contribution in [0.2, 0.25) is 0 Å². The molecule has 2 rings (SSSR count). The van der Waals surface area contributed by atoms with Crippen LogP contribution in [-0.4, -0.2) is 83.7 Å². The second-order valence-electron chi connectivity index (χ2n) is 20.6. The van der Waals surface area contributed by atoms with Gasteiger partial charge in [-0.1, -0.05) is 181 Å². The molecule has 1 unspecified atom stereocenters. The third-order valence-corrected chi connectivity index (χ3v) is 14.7. The fourth-order valence-corrected chi connectivity index (χ4v) is 10.1. The van der Waals surface area contributed by atoms with Gasteiger partial charge in [0.1, 0.15) is 5.54 Å². The second kappa shape index (κ2) is 41.1. The maximum absolute atomic E-state index is 14.1. The van der Waals surface area contributed by atoms with Gasteiger partial charge in [-0.25, -0.2) is 0 Å². The zero-order chi connectivity index (χ0) is 46.9. The van der Waals surface area contributed by atoms with E-state index in [2.05, 4.69) is 43.1 Å². The monoisotopic (exact) mass is 914 g/mol. The van der Waals surface area contributed by atoms with E-state index in [1.807, 2.05) is 4.90 Å². The van der Waals surface area contributed by atoms with E-state index in [-0.39, 0.29) is 23.9 Å². The molecule has 8 nitrogen and oxygen atoms in total. The lowest BCUT2D eigenvalue weighted by Crippen LogP contribution is -2.65. The number of ether oxygens (including phenoxy) is 1. The standard InChI is InChI=1S/C57H107N3O5/c1-4-7-10-13-16-18-19-20-21-22-23-24-25-27-30-35-46-58-56(64)57(44-36-45-57)60(48-37-47-59-49-42-53(61)43-50-59)54(62)40-33-34-41-55(63)65-51-52(38-31-28-15-12-9-6-3)39-32-29-26-17-14-11-8-5-2/h20-21,52-53,61H,4-19,22-51H2,1-3H3,(H,58,64)/b21-20-. The first kappa shape index (κ1) is 59.2. The molecule has 1 saturated carbocycles. The number of rotatable bonds is 45. The summed E-state index contributed by atoms with van der Waals surface area (Å²) in [6, 6.07) is 0. The fraction of sp³-hybridized carbons (Fsp3) is 0.912. The number of nitrogens with zero attached hydrogens (tertiary/aromatic N) is 2. The topological polar surface area (TPSA) is 99.2 Å². The summed E-state index contributed by atoms with van der Waals surface area (Å²) < 4.78 is 5.91. The van der Waals surface area contributed by atoms with Crippen LogP contribution in [0.25, 0.3) is 0 Å². The summed E-state index contributed by atoms with van der Waals surface area (Å²) >= 11 is 0. The van der Waals surface area contributed by atoms with Crippen LogP contribution in [0.5, 0.6) is 0 Å². The van der Waals surface area contributed by atoms with Gasteiger partial charge in [0.25, 0.3) is 0 Å². The van der Waals surface area contributed by atoms with Gasteiger partial charge in [-0.05, 0) is 109 Å². The summed E-state index contributed by atoms with van der Waals surface area (Å²) in [7, 11) is 0. The molecule has 1 aliphatic carbocycles. The predicted molar refractivity (Wildman–Crippen MR) is 275 cm³/mol. The van der Waals surface area contributed by atoms with Crippen LogP contribution in [0.1, 0.15) is 278 Å². The highest BCUT2D eigenvalue weighted by Gasteiger charge is 2.50. The molecule has 1 saturated heterocycles. The Hall–Kier alpha value is -1.93. The number of hydrogen-bond acceptors (Lipinski definition) is 6. The predicted octanol–water partition coefficient (Wildman–Crippen LogP) is 14.7. The maximum atomic E-state index is 14.1. The molecule has 0 aromatic heterocycles. The molecule has 8 heteroatoms. The number of allylic oxidation sites excluding steroid dienone is 2. The van der Waals surface area contributed by atoms with Gasteiger partial charge in [-0.3, -0.25) is 14.4 Å². The molecular formula is C57H107N3O5. The van der Waals surface area contributed by atoms with Crippen molar-refractivity contribution < 1.29 is 24.2 Å². The van der Waals surface area contributed by atoms with Gasteiger partial charge in [0.05, 0.1) is 12.7 Å². The number of carbonyl (C=O) groups excluding carboxylic acids is 3. The Morgan fingerprint density at radius 3 is 1.62 bits per heavy atom. The third kappa shape index (κ3) is 29.5. The van der Waals surface area contributed by atoms with E-state index >= 15 is 0 Å². The highest BCUT2D eigenvalue weighted by molar-refractivity contribution is 5.92. The zero-order valence-corrected chi connectivity index (χ0v) is 43.3. The normalized spacial score (nSPS) is 15.9. The van der Waals surface area contributed by atoms with E-state index in [9.17, 15) is 19.5 Å². The van der Waals surface area contributed by atoms with Crippen molar-refractivity contribution in [1.82, 2.24) is 15.1 Å². The molecule has 0 aromatic carbocycles. The zero-order valence-electron chi connectivity index (χ0n) is 43.3. The lowest BCUT2D eigenvalue weighted by molar-refractivity contribution is -0.154. The van der Waals surface area contributed by atoms with Gasteiger partial charge < -0.3 is 25.0 Å². The summed E-state index contributed by atoms with van der Waals surface area (Å²) in [5, 5.41) is 13.3. The molecular weight excluding hydrogens is 807 g/mol. The summed E-state index contributed by atoms with van der Waals surface area (Å²) in [5.74, 6) is 0.383. The molecule has 1 atom stereocenters. The maximum Gasteiger partial charge on any atom is 0.305 e. The van der Waals surface area contributed by atoms with Crippen LogP contribution in [-0.2, 0) is 19.1 Å². The van der Waals surface area contributed by atoms with Crippen molar-refractivity contribution >= 4 is 17.8 Å². The number of piperidine rings is 1. The highest BCUT2D eigenvalue weighted by Crippen LogP contribution is 2.39. The first-order valence-corrected chi connectivity index (χ1v) is 28.7. The molecule has 0 bridgehead atoms. The molecule has 0 aromatic rings. The van der Waals surface area contributed by atoms with E-state index in [4.69, 9.17) is 4.74 Å². The van der Waals surface area contributed by atoms with Crippen LogP contribution in [0.15, 0.2) is 12.2 Å². The van der Waals surface area contributed by atoms with Gasteiger partial charge in [0.15, 0.2) is 0 Å². The van der Waals surface area contributed by atoms with Crippen molar-refractivity contribution in [2.24, 2.45) is 5.92 Å². The van der Waals surface area contributed by atoms with Crippen LogP contribution < -0.4 is 5.32 Å². The Labute approximate surface area is 402 Å². The number of nitrogens with one attached hydrogen (secondary N) is 1. The quantitative estimate of drug-likeness (QED) is 0.0359. The van der Waals surface area contributed by atoms with Gasteiger partial charge in [-0.2, -0.15) is 0 Å². The number of aliphatic hydroxyl groups excluding tert-OH is 1. The molecule has 2 N–H and O–H groups in total. The van der Waals surface area contributed by atoms with Crippen LogP contribution >= 0.6 is 0 Å². The Balaban J connectivity index is 1.78. The van der Waals surface area contributed by atoms with E-state index in [0.29, 0.717) is 51.3 Å². The number of unbranched alkanes of at least 4 members (excludes halogenated alkanes) is 25. The van der Waals surface area contributed by atoms with Crippen LogP contribution in [0.3, 0.4) is 0 Å². The number of amides is 2.